The first-order valence-electron chi connectivity index (χ1n) is 8.79. The Morgan fingerprint density at radius 3 is 2.44 bits per heavy atom. The van der Waals surface area contributed by atoms with Gasteiger partial charge in [0, 0.05) is 6.42 Å². The quantitative estimate of drug-likeness (QED) is 0.605. The van der Waals surface area contributed by atoms with Gasteiger partial charge in [-0.2, -0.15) is 0 Å². The van der Waals surface area contributed by atoms with E-state index in [-0.39, 0.29) is 11.9 Å². The summed E-state index contributed by atoms with van der Waals surface area (Å²) in [4.78, 5) is 29.9. The van der Waals surface area contributed by atoms with Crippen molar-refractivity contribution in [3.63, 3.8) is 0 Å². The molecule has 138 valence electrons. The Kier molecular flexibility index (Phi) is 6.96. The van der Waals surface area contributed by atoms with Crippen molar-refractivity contribution < 1.29 is 19.2 Å². The van der Waals surface area contributed by atoms with Crippen LogP contribution in [0.25, 0.3) is 0 Å². The highest BCUT2D eigenvalue weighted by Gasteiger charge is 2.29. The third-order valence-electron chi connectivity index (χ3n) is 3.95. The van der Waals surface area contributed by atoms with Crippen molar-refractivity contribution in [1.29, 1.82) is 0 Å². The van der Waals surface area contributed by atoms with Gasteiger partial charge in [-0.1, -0.05) is 30.3 Å². The number of benzene rings is 1. The molecule has 0 bridgehead atoms. The maximum absolute atomic E-state index is 12.5. The minimum Gasteiger partial charge on any atom is -0.459 e. The van der Waals surface area contributed by atoms with Crippen molar-refractivity contribution in [3.8, 4) is 0 Å². The smallest absolute Gasteiger partial charge is 0.327 e. The van der Waals surface area contributed by atoms with Gasteiger partial charge >= 0.3 is 11.9 Å². The molecule has 0 aliphatic carbocycles. The number of hydrogen-bond acceptors (Lipinski definition) is 6. The van der Waals surface area contributed by atoms with E-state index < -0.39 is 17.6 Å². The Balaban J connectivity index is 1.97. The molecule has 1 aromatic rings. The number of ether oxygens (including phenoxy) is 1. The van der Waals surface area contributed by atoms with Gasteiger partial charge in [0.05, 0.1) is 5.92 Å². The van der Waals surface area contributed by atoms with E-state index in [0.717, 1.165) is 31.5 Å². The van der Waals surface area contributed by atoms with Crippen molar-refractivity contribution in [2.45, 2.75) is 51.7 Å². The molecule has 1 atom stereocenters. The van der Waals surface area contributed by atoms with Crippen molar-refractivity contribution >= 4 is 11.9 Å². The molecular weight excluding hydrogens is 320 g/mol. The molecule has 1 unspecified atom stereocenters. The van der Waals surface area contributed by atoms with Crippen LogP contribution in [0.15, 0.2) is 30.3 Å². The molecule has 1 aromatic carbocycles. The first kappa shape index (κ1) is 19.4. The summed E-state index contributed by atoms with van der Waals surface area (Å²) in [6.45, 7) is 7.04. The van der Waals surface area contributed by atoms with Crippen LogP contribution in [0.4, 0.5) is 0 Å². The maximum atomic E-state index is 12.5. The number of esters is 1. The van der Waals surface area contributed by atoms with E-state index in [4.69, 9.17) is 9.57 Å². The molecule has 1 fully saturated rings. The molecule has 2 rings (SSSR count). The van der Waals surface area contributed by atoms with Crippen molar-refractivity contribution in [2.24, 2.45) is 5.92 Å². The van der Waals surface area contributed by atoms with E-state index in [1.54, 1.807) is 0 Å². The topological polar surface area (TPSA) is 76.7 Å². The molecule has 25 heavy (non-hydrogen) atoms. The van der Waals surface area contributed by atoms with Gasteiger partial charge in [-0.15, -0.1) is 5.48 Å². The van der Waals surface area contributed by atoms with Crippen LogP contribution in [0.1, 0.15) is 39.2 Å². The van der Waals surface area contributed by atoms with E-state index in [1.165, 1.54) is 0 Å². The van der Waals surface area contributed by atoms with E-state index in [0.29, 0.717) is 6.42 Å². The van der Waals surface area contributed by atoms with E-state index in [2.05, 4.69) is 10.8 Å². The van der Waals surface area contributed by atoms with E-state index in [1.807, 2.05) is 51.1 Å². The summed E-state index contributed by atoms with van der Waals surface area (Å²) < 4.78 is 5.45. The summed E-state index contributed by atoms with van der Waals surface area (Å²) in [6, 6.07) is 8.83. The fourth-order valence-corrected chi connectivity index (χ4v) is 2.67. The zero-order valence-electron chi connectivity index (χ0n) is 15.2. The molecule has 2 N–H and O–H groups in total. The highest BCUT2D eigenvalue weighted by Crippen LogP contribution is 2.14. The Hall–Kier alpha value is -1.92. The van der Waals surface area contributed by atoms with Gasteiger partial charge in [0.25, 0.3) is 0 Å². The van der Waals surface area contributed by atoms with Gasteiger partial charge in [-0.05, 0) is 52.3 Å². The second-order valence-corrected chi connectivity index (χ2v) is 7.34. The predicted molar refractivity (Wildman–Crippen MR) is 94.6 cm³/mol. The van der Waals surface area contributed by atoms with Gasteiger partial charge in [-0.3, -0.25) is 9.59 Å². The standard InChI is InChI=1S/C19H28N2O4/c1-19(2,3)24-18(23)16(13-14-7-5-4-6-8-14)21-25-17(22)15-9-11-20-12-10-15/h4-8,15-16,20-21H,9-13H2,1-3H3. The van der Waals surface area contributed by atoms with Crippen LogP contribution < -0.4 is 10.8 Å². The van der Waals surface area contributed by atoms with Crippen LogP contribution in [0.3, 0.4) is 0 Å². The number of carbonyl (C=O) groups excluding carboxylic acids is 2. The summed E-state index contributed by atoms with van der Waals surface area (Å²) in [5.74, 6) is -0.887. The van der Waals surface area contributed by atoms with E-state index in [9.17, 15) is 9.59 Å². The van der Waals surface area contributed by atoms with Crippen molar-refractivity contribution in [2.75, 3.05) is 13.1 Å². The average molecular weight is 348 g/mol. The lowest BCUT2D eigenvalue weighted by Crippen LogP contribution is -2.45. The Bertz CT molecular complexity index is 563. The molecule has 0 spiro atoms. The normalized spacial score (nSPS) is 16.9. The van der Waals surface area contributed by atoms with Crippen LogP contribution >= 0.6 is 0 Å². The monoisotopic (exact) mass is 348 g/mol. The molecule has 0 radical (unpaired) electrons. The van der Waals surface area contributed by atoms with Crippen LogP contribution in [0.5, 0.6) is 0 Å². The van der Waals surface area contributed by atoms with Crippen LogP contribution in [0, 0.1) is 5.92 Å². The van der Waals surface area contributed by atoms with Gasteiger partial charge in [0.1, 0.15) is 11.6 Å². The fraction of sp³-hybridized carbons (Fsp3) is 0.579. The predicted octanol–water partition coefficient (Wildman–Crippen LogP) is 1.99. The largest absolute Gasteiger partial charge is 0.459 e. The third-order valence-corrected chi connectivity index (χ3v) is 3.95. The molecule has 1 heterocycles. The lowest BCUT2D eigenvalue weighted by molar-refractivity contribution is -0.169. The van der Waals surface area contributed by atoms with Crippen LogP contribution in [0.2, 0.25) is 0 Å². The molecule has 6 heteroatoms. The van der Waals surface area contributed by atoms with Crippen LogP contribution in [-0.4, -0.2) is 36.7 Å². The first-order valence-corrected chi connectivity index (χ1v) is 8.79. The second-order valence-electron chi connectivity index (χ2n) is 7.34. The zero-order valence-corrected chi connectivity index (χ0v) is 15.2. The Labute approximate surface area is 149 Å². The highest BCUT2D eigenvalue weighted by atomic mass is 16.7. The summed E-state index contributed by atoms with van der Waals surface area (Å²) in [5, 5.41) is 3.21. The maximum Gasteiger partial charge on any atom is 0.327 e. The average Bonchev–Trinajstić information content (AvgIpc) is 2.58. The Morgan fingerprint density at radius 2 is 1.84 bits per heavy atom. The number of piperidine rings is 1. The Morgan fingerprint density at radius 1 is 1.20 bits per heavy atom. The molecule has 1 aliphatic heterocycles. The zero-order chi connectivity index (χ0) is 18.3. The number of hydroxylamine groups is 1. The number of nitrogens with one attached hydrogen (secondary N) is 2. The molecule has 1 saturated heterocycles. The number of rotatable bonds is 6. The lowest BCUT2D eigenvalue weighted by Gasteiger charge is -2.25. The van der Waals surface area contributed by atoms with Gasteiger partial charge in [0.2, 0.25) is 0 Å². The molecule has 1 aliphatic rings. The van der Waals surface area contributed by atoms with Crippen molar-refractivity contribution in [3.05, 3.63) is 35.9 Å². The molecular formula is C19H28N2O4. The fourth-order valence-electron chi connectivity index (χ4n) is 2.67. The van der Waals surface area contributed by atoms with Crippen molar-refractivity contribution in [1.82, 2.24) is 10.8 Å². The van der Waals surface area contributed by atoms with Crippen LogP contribution in [-0.2, 0) is 25.6 Å². The summed E-state index contributed by atoms with van der Waals surface area (Å²) in [7, 11) is 0. The molecule has 0 saturated carbocycles. The summed E-state index contributed by atoms with van der Waals surface area (Å²) in [6.07, 6.45) is 1.88. The first-order chi connectivity index (χ1) is 11.8. The highest BCUT2D eigenvalue weighted by molar-refractivity contribution is 5.77. The number of hydrogen-bond donors (Lipinski definition) is 2. The summed E-state index contributed by atoms with van der Waals surface area (Å²) in [5.41, 5.74) is 3.00. The molecule has 6 nitrogen and oxygen atoms in total. The number of carbonyl (C=O) groups is 2. The molecule has 0 amide bonds. The van der Waals surface area contributed by atoms with Gasteiger partial charge in [0.15, 0.2) is 0 Å². The SMILES string of the molecule is CC(C)(C)OC(=O)C(Cc1ccccc1)NOC(=O)C1CCNCC1. The van der Waals surface area contributed by atoms with Gasteiger partial charge in [-0.25, -0.2) is 0 Å². The second kappa shape index (κ2) is 8.97. The van der Waals surface area contributed by atoms with E-state index >= 15 is 0 Å². The summed E-state index contributed by atoms with van der Waals surface area (Å²) >= 11 is 0. The molecule has 0 aromatic heterocycles. The lowest BCUT2D eigenvalue weighted by atomic mass is 9.99. The minimum atomic E-state index is -0.743. The van der Waals surface area contributed by atoms with Gasteiger partial charge < -0.3 is 14.9 Å². The third kappa shape index (κ3) is 6.84. The minimum absolute atomic E-state index is 0.134.